The monoisotopic (exact) mass is 988 g/mol. The number of carboxylic acids is 1. The number of carboxylic acid groups (broad SMARTS) is 1. The lowest BCUT2D eigenvalue weighted by atomic mass is 9.96. The topological polar surface area (TPSA) is 503 Å². The Hall–Kier alpha value is -1.69. The zero-order valence-corrected chi connectivity index (χ0v) is 35.0. The van der Waals surface area contributed by atoms with Crippen molar-refractivity contribution in [3.8, 4) is 0 Å². The van der Waals surface area contributed by atoms with Gasteiger partial charge in [0.25, 0.3) is 0 Å². The number of aliphatic hydroxyl groups excluding tert-OH is 18. The SMILES string of the molecule is C[C@@H]1O[C@@H](O[C@@H]2[C@@H](O[C@@H]3C(O)O[C@H](CO[C@@H]4O[C@@H]([C@H](O)CO)[C@H](O)[C@H]4O[C@H]4O[C@H](C(=O)O)[C@@H](O[C@@H]5O[C@H](CO)[C@@H](O)[C@H](O)[C@@H]5O)[C@H](O)[C@H]4O)[C@@H](O)[C@@H]3O)O[C@H](CO)[C@@H](O)[C@@H]2O)[C@H](O)[C@H](O)[C@H]1O. The summed E-state index contributed by atoms with van der Waals surface area (Å²) >= 11 is 0. The average Bonchev–Trinajstić information content (AvgIpc) is 3.61. The number of hydrogen-bond donors (Lipinski definition) is 19. The molecule has 6 heterocycles. The minimum absolute atomic E-state index is 0.903. The summed E-state index contributed by atoms with van der Waals surface area (Å²) in [5, 5.41) is 199. The fourth-order valence-corrected chi connectivity index (χ4v) is 8.29. The molecule has 67 heavy (non-hydrogen) atoms. The minimum Gasteiger partial charge on any atom is -0.479 e. The highest BCUT2D eigenvalue weighted by atomic mass is 16.8. The van der Waals surface area contributed by atoms with Crippen molar-refractivity contribution in [2.24, 2.45) is 0 Å². The molecule has 1 unspecified atom stereocenters. The van der Waals surface area contributed by atoms with E-state index in [-0.39, 0.29) is 0 Å². The molecule has 31 nitrogen and oxygen atoms in total. The van der Waals surface area contributed by atoms with Crippen LogP contribution >= 0.6 is 0 Å². The molecule has 0 aromatic heterocycles. The van der Waals surface area contributed by atoms with Gasteiger partial charge < -0.3 is 149 Å². The maximum atomic E-state index is 12.4. The van der Waals surface area contributed by atoms with Gasteiger partial charge in [-0.25, -0.2) is 4.79 Å². The Labute approximate surface area is 377 Å². The van der Waals surface area contributed by atoms with Gasteiger partial charge in [-0.05, 0) is 6.92 Å². The van der Waals surface area contributed by atoms with Crippen LogP contribution in [0, 0.1) is 0 Å². The molecule has 0 saturated carbocycles. The van der Waals surface area contributed by atoms with Gasteiger partial charge in [0.05, 0.1) is 32.5 Å². The van der Waals surface area contributed by atoms with Crippen molar-refractivity contribution in [2.45, 2.75) is 191 Å². The van der Waals surface area contributed by atoms with E-state index in [2.05, 4.69) is 0 Å². The normalized spacial score (nSPS) is 52.5. The first-order valence-corrected chi connectivity index (χ1v) is 21.0. The molecule has 30 atom stereocenters. The zero-order valence-electron chi connectivity index (χ0n) is 35.0. The molecule has 6 aliphatic rings. The molecule has 0 aromatic rings. The molecule has 390 valence electrons. The third kappa shape index (κ3) is 11.2. The number of rotatable bonds is 16. The molecule has 31 heteroatoms. The number of ether oxygens (including phenoxy) is 11. The molecule has 6 fully saturated rings. The largest absolute Gasteiger partial charge is 0.479 e. The van der Waals surface area contributed by atoms with E-state index < -0.39 is 217 Å². The van der Waals surface area contributed by atoms with Crippen LogP contribution in [0.25, 0.3) is 0 Å². The highest BCUT2D eigenvalue weighted by Gasteiger charge is 2.58. The van der Waals surface area contributed by atoms with E-state index in [1.54, 1.807) is 0 Å². The maximum absolute atomic E-state index is 12.4. The Morgan fingerprint density at radius 1 is 0.463 bits per heavy atom. The van der Waals surface area contributed by atoms with Crippen molar-refractivity contribution in [3.63, 3.8) is 0 Å². The van der Waals surface area contributed by atoms with Gasteiger partial charge in [-0.15, -0.1) is 0 Å². The van der Waals surface area contributed by atoms with Crippen molar-refractivity contribution in [1.29, 1.82) is 0 Å². The third-order valence-corrected chi connectivity index (χ3v) is 12.3. The first-order chi connectivity index (χ1) is 31.6. The molecule has 6 saturated heterocycles. The molecule has 0 radical (unpaired) electrons. The predicted molar refractivity (Wildman–Crippen MR) is 198 cm³/mol. The third-order valence-electron chi connectivity index (χ3n) is 12.3. The number of aliphatic carboxylic acids is 1. The summed E-state index contributed by atoms with van der Waals surface area (Å²) in [6, 6.07) is 0. The van der Waals surface area contributed by atoms with Crippen molar-refractivity contribution in [3.05, 3.63) is 0 Å². The fourth-order valence-electron chi connectivity index (χ4n) is 8.29. The molecule has 6 rings (SSSR count). The Morgan fingerprint density at radius 2 is 0.910 bits per heavy atom. The van der Waals surface area contributed by atoms with Gasteiger partial charge >= 0.3 is 5.97 Å². The summed E-state index contributed by atoms with van der Waals surface area (Å²) in [5.41, 5.74) is 0. The van der Waals surface area contributed by atoms with Gasteiger partial charge in [-0.1, -0.05) is 0 Å². The van der Waals surface area contributed by atoms with Crippen molar-refractivity contribution in [2.75, 3.05) is 26.4 Å². The van der Waals surface area contributed by atoms with Crippen LogP contribution in [0.5, 0.6) is 0 Å². The van der Waals surface area contributed by atoms with E-state index >= 15 is 0 Å². The molecule has 6 aliphatic heterocycles. The summed E-state index contributed by atoms with van der Waals surface area (Å²) in [7, 11) is 0. The first-order valence-electron chi connectivity index (χ1n) is 21.0. The smallest absolute Gasteiger partial charge is 0.335 e. The Morgan fingerprint density at radius 3 is 1.49 bits per heavy atom. The number of aliphatic hydroxyl groups is 18. The van der Waals surface area contributed by atoms with Crippen molar-refractivity contribution >= 4 is 5.97 Å². The van der Waals surface area contributed by atoms with Crippen molar-refractivity contribution < 1.29 is 154 Å². The lowest BCUT2D eigenvalue weighted by molar-refractivity contribution is -0.390. The van der Waals surface area contributed by atoms with Crippen LogP contribution < -0.4 is 0 Å². The lowest BCUT2D eigenvalue weighted by Crippen LogP contribution is -2.66. The summed E-state index contributed by atoms with van der Waals surface area (Å²) in [6.45, 7) is -2.43. The first kappa shape index (κ1) is 54.6. The molecule has 0 aromatic carbocycles. The average molecular weight is 989 g/mol. The number of carbonyl (C=O) groups is 1. The van der Waals surface area contributed by atoms with Crippen LogP contribution in [0.3, 0.4) is 0 Å². The summed E-state index contributed by atoms with van der Waals surface area (Å²) in [5.74, 6) is -1.87. The van der Waals surface area contributed by atoms with Gasteiger partial charge in [-0.2, -0.15) is 0 Å². The summed E-state index contributed by atoms with van der Waals surface area (Å²) in [4.78, 5) is 12.4. The van der Waals surface area contributed by atoms with E-state index in [1.807, 2.05) is 0 Å². The Balaban J connectivity index is 1.13. The second-order valence-electron chi connectivity index (χ2n) is 16.8. The van der Waals surface area contributed by atoms with Gasteiger partial charge in [0.15, 0.2) is 43.8 Å². The van der Waals surface area contributed by atoms with Gasteiger partial charge in [0, 0.05) is 0 Å². The van der Waals surface area contributed by atoms with E-state index in [9.17, 15) is 102 Å². The van der Waals surface area contributed by atoms with Crippen LogP contribution in [0.15, 0.2) is 0 Å². The second kappa shape index (κ2) is 22.8. The van der Waals surface area contributed by atoms with E-state index in [4.69, 9.17) is 52.1 Å². The quantitative estimate of drug-likeness (QED) is 0.0683. The summed E-state index contributed by atoms with van der Waals surface area (Å²) in [6.07, 6.45) is -58.0. The van der Waals surface area contributed by atoms with Gasteiger partial charge in [0.2, 0.25) is 0 Å². The Bertz CT molecular complexity index is 1570. The summed E-state index contributed by atoms with van der Waals surface area (Å²) < 4.78 is 60.4. The van der Waals surface area contributed by atoms with Gasteiger partial charge in [-0.3, -0.25) is 0 Å². The fraction of sp³-hybridized carbons (Fsp3) is 0.972. The van der Waals surface area contributed by atoms with E-state index in [0.29, 0.717) is 0 Å². The molecular weight excluding hydrogens is 928 g/mol. The van der Waals surface area contributed by atoms with Crippen LogP contribution in [-0.4, -0.2) is 314 Å². The van der Waals surface area contributed by atoms with E-state index in [0.717, 1.165) is 0 Å². The highest BCUT2D eigenvalue weighted by molar-refractivity contribution is 5.73. The molecular formula is C36H60O31. The Kier molecular flexibility index (Phi) is 18.6. The zero-order chi connectivity index (χ0) is 49.5. The van der Waals surface area contributed by atoms with Crippen LogP contribution in [-0.2, 0) is 56.9 Å². The highest BCUT2D eigenvalue weighted by Crippen LogP contribution is 2.36. The molecule has 0 spiro atoms. The lowest BCUT2D eigenvalue weighted by Gasteiger charge is -2.48. The van der Waals surface area contributed by atoms with Gasteiger partial charge in [0.1, 0.15) is 134 Å². The van der Waals surface area contributed by atoms with Crippen LogP contribution in [0.2, 0.25) is 0 Å². The van der Waals surface area contributed by atoms with Crippen LogP contribution in [0.1, 0.15) is 6.92 Å². The van der Waals surface area contributed by atoms with Crippen LogP contribution in [0.4, 0.5) is 0 Å². The predicted octanol–water partition coefficient (Wildman–Crippen LogP) is -13.0. The molecule has 19 N–H and O–H groups in total. The standard InChI is InChI=1S/C36H60O31/c1-6-11(41)15(45)20(50)32(58-6)65-27-18(48)13(43)9(4-39)61-36(27)64-26-17(47)14(44)10(59-31(26)56)5-57-35-28(23(53)24(62-35)7(40)2-37)66-34-22(52)19(49)25(29(67-34)30(54)55)63-33-21(51)16(46)12(42)8(3-38)60-33/h6-29,31-53,56H,2-5H2,1H3,(H,54,55)/t6-,7+,8+,9+,10+,11-,12+,13+,14+,15+,16-,17-,18-,19+,20+,21-,22+,23-,24-,25-,26-,27-,28+,29-,31?,32-,33-,34-,35+,36+/m0/s1. The maximum Gasteiger partial charge on any atom is 0.335 e. The minimum atomic E-state index is -2.30. The molecule has 0 bridgehead atoms. The van der Waals surface area contributed by atoms with Crippen molar-refractivity contribution in [1.82, 2.24) is 0 Å². The molecule has 0 amide bonds. The number of hydrogen-bond acceptors (Lipinski definition) is 30. The second-order valence-corrected chi connectivity index (χ2v) is 16.8. The van der Waals surface area contributed by atoms with E-state index in [1.165, 1.54) is 6.92 Å². The molecule has 0 aliphatic carbocycles.